The molecule has 24 rings (SSSR count). The number of nitrogens with zero attached hydrogens (tertiary/aromatic N) is 4. The molecule has 0 amide bonds. The van der Waals surface area contributed by atoms with Crippen LogP contribution in [0, 0.1) is 0 Å². The smallest absolute Gasteiger partial charge is 0.0640 e. The number of rotatable bonds is 17. The molecule has 0 unspecified atom stereocenters. The van der Waals surface area contributed by atoms with E-state index in [1.165, 1.54) is 89.6 Å². The SMILES string of the molecule is c1ccc(-c2cc(-c3cccc(-c4cccc5c4sc4c(-n6c7ccccc7c7cc(-c8ccccc8-c8ccccc8N(c8ccccc8)c8ccc(-c9ccccc9)cc8-c8ccccc8)ccc76)cccc45)c3)cc(N(c3ccccc3)c3ccccc3-c3ccccc3-c3ccc4c(c3)c3ccccc3n4-c3ccc4sc5ccccc5c4c3)c2)cc1. The highest BCUT2D eigenvalue weighted by molar-refractivity contribution is 7.27. The topological polar surface area (TPSA) is 16.3 Å². The molecule has 0 aliphatic heterocycles. The van der Waals surface area contributed by atoms with Crippen molar-refractivity contribution in [2.45, 2.75) is 0 Å². The molecule has 0 saturated heterocycles. The third-order valence-corrected chi connectivity index (χ3v) is 27.7. The van der Waals surface area contributed by atoms with Gasteiger partial charge in [0.1, 0.15) is 0 Å². The molecule has 20 aromatic carbocycles. The summed E-state index contributed by atoms with van der Waals surface area (Å²) in [6, 6.07) is 175. The van der Waals surface area contributed by atoms with Crippen LogP contribution in [0.5, 0.6) is 0 Å². The molecule has 0 saturated carbocycles. The third kappa shape index (κ3) is 12.8. The largest absolute Gasteiger partial charge is 0.310 e. The van der Waals surface area contributed by atoms with Crippen molar-refractivity contribution in [3.63, 3.8) is 0 Å². The number of fused-ring (bicyclic) bond motifs is 12. The summed E-state index contributed by atoms with van der Waals surface area (Å²) in [6.07, 6.45) is 0. The quantitative estimate of drug-likeness (QED) is 0.0903. The maximum Gasteiger partial charge on any atom is 0.0640 e. The molecule has 6 heteroatoms. The second kappa shape index (κ2) is 31.2. The molecule has 24 aromatic rings. The first-order chi connectivity index (χ1) is 62.5. The molecule has 0 radical (unpaired) electrons. The normalized spacial score (nSPS) is 11.7. The Bertz CT molecular complexity index is 8350. The summed E-state index contributed by atoms with van der Waals surface area (Å²) < 4.78 is 10.1. The van der Waals surface area contributed by atoms with Gasteiger partial charge in [-0.05, 0) is 223 Å². The van der Waals surface area contributed by atoms with Crippen LogP contribution in [-0.4, -0.2) is 9.13 Å². The standard InChI is InChI=1S/C120H78N4S2/c1-6-33-79(34-7-1)83-63-67-113(105(75-83)81-37-10-3-11-38-81)122(90-43-14-5-15-44-90)110-58-26-21-50-99(110)97-48-19-17-46-94(97)86-65-69-115-107(77-86)101-52-23-28-60-112(101)124(115)116-61-32-56-104-103-55-31-54-95(119(103)126-120(104)116)84-40-30-39-82(71-84)88-72-87(80-35-8-2-9-36-80)73-92(74-88)121(89-41-12-4-13-42-89)109-57-25-20-49-98(109)96-47-18-16-45-93(96)85-64-68-114-106(76-85)100-51-22-27-59-111(100)123(114)91-66-70-118-108(78-91)102-53-24-29-62-117(102)125-118/h1-78H. The van der Waals surface area contributed by atoms with Crippen molar-refractivity contribution in [1.82, 2.24) is 9.13 Å². The van der Waals surface area contributed by atoms with Gasteiger partial charge in [-0.25, -0.2) is 0 Å². The van der Waals surface area contributed by atoms with Crippen LogP contribution in [0.2, 0.25) is 0 Å². The Morgan fingerprint density at radius 1 is 0.167 bits per heavy atom. The fourth-order valence-corrected chi connectivity index (χ4v) is 22.0. The Hall–Kier alpha value is -16.0. The molecule has 0 atom stereocenters. The average molecular weight is 1640 g/mol. The second-order valence-electron chi connectivity index (χ2n) is 32.5. The molecule has 0 spiro atoms. The first-order valence-electron chi connectivity index (χ1n) is 43.1. The Kier molecular flexibility index (Phi) is 18.3. The number of hydrogen-bond acceptors (Lipinski definition) is 4. The van der Waals surface area contributed by atoms with Crippen molar-refractivity contribution < 1.29 is 0 Å². The van der Waals surface area contributed by atoms with Crippen LogP contribution in [0.15, 0.2) is 473 Å². The van der Waals surface area contributed by atoms with Gasteiger partial charge in [-0.1, -0.05) is 334 Å². The molecular weight excluding hydrogens is 1560 g/mol. The van der Waals surface area contributed by atoms with E-state index in [2.05, 4.69) is 492 Å². The number of aromatic nitrogens is 2. The van der Waals surface area contributed by atoms with Gasteiger partial charge in [-0.2, -0.15) is 0 Å². The Morgan fingerprint density at radius 2 is 0.571 bits per heavy atom. The lowest BCUT2D eigenvalue weighted by atomic mass is 9.91. The summed E-state index contributed by atoms with van der Waals surface area (Å²) in [5.41, 5.74) is 34.1. The van der Waals surface area contributed by atoms with E-state index < -0.39 is 0 Å². The minimum atomic E-state index is 1.05. The highest BCUT2D eigenvalue weighted by Crippen LogP contribution is 2.53. The predicted molar refractivity (Wildman–Crippen MR) is 539 cm³/mol. The van der Waals surface area contributed by atoms with E-state index in [1.807, 2.05) is 22.7 Å². The zero-order chi connectivity index (χ0) is 83.1. The molecule has 0 aliphatic carbocycles. The average Bonchev–Trinajstić information content (AvgIpc) is 1.56. The Morgan fingerprint density at radius 3 is 1.21 bits per heavy atom. The molecule has 0 fully saturated rings. The van der Waals surface area contributed by atoms with E-state index in [9.17, 15) is 0 Å². The summed E-state index contributed by atoms with van der Waals surface area (Å²) in [7, 11) is 0. The van der Waals surface area contributed by atoms with Gasteiger partial charge >= 0.3 is 0 Å². The maximum atomic E-state index is 2.52. The van der Waals surface area contributed by atoms with Crippen LogP contribution in [0.25, 0.3) is 195 Å². The summed E-state index contributed by atoms with van der Waals surface area (Å²) in [5, 5.41) is 9.90. The van der Waals surface area contributed by atoms with Gasteiger partial charge in [0.05, 0.1) is 49.5 Å². The minimum Gasteiger partial charge on any atom is -0.310 e. The van der Waals surface area contributed by atoms with Crippen molar-refractivity contribution in [2.75, 3.05) is 9.80 Å². The first-order valence-corrected chi connectivity index (χ1v) is 44.7. The summed E-state index contributed by atoms with van der Waals surface area (Å²) in [4.78, 5) is 4.92. The zero-order valence-electron chi connectivity index (χ0n) is 68.6. The fourth-order valence-electron chi connectivity index (χ4n) is 19.6. The molecule has 590 valence electrons. The van der Waals surface area contributed by atoms with E-state index in [0.29, 0.717) is 0 Å². The molecule has 0 bridgehead atoms. The lowest BCUT2D eigenvalue weighted by Gasteiger charge is -2.30. The van der Waals surface area contributed by atoms with Crippen molar-refractivity contribution in [3.05, 3.63) is 473 Å². The van der Waals surface area contributed by atoms with Gasteiger partial charge in [0, 0.05) is 96.6 Å². The third-order valence-electron chi connectivity index (χ3n) is 25.3. The number of hydrogen-bond donors (Lipinski definition) is 0. The van der Waals surface area contributed by atoms with Crippen molar-refractivity contribution in [2.24, 2.45) is 0 Å². The summed E-state index contributed by atoms with van der Waals surface area (Å²) in [6.45, 7) is 0. The van der Waals surface area contributed by atoms with Crippen molar-refractivity contribution in [1.29, 1.82) is 0 Å². The predicted octanol–water partition coefficient (Wildman–Crippen LogP) is 34.6. The van der Waals surface area contributed by atoms with Crippen LogP contribution in [-0.2, 0) is 0 Å². The Balaban J connectivity index is 0.596. The first kappa shape index (κ1) is 73.9. The van der Waals surface area contributed by atoms with Crippen LogP contribution >= 0.6 is 22.7 Å². The molecule has 0 aliphatic rings. The molecule has 4 aromatic heterocycles. The highest BCUT2D eigenvalue weighted by atomic mass is 32.1. The van der Waals surface area contributed by atoms with Crippen molar-refractivity contribution in [3.8, 4) is 112 Å². The van der Waals surface area contributed by atoms with Gasteiger partial charge < -0.3 is 18.9 Å². The summed E-state index contributed by atoms with van der Waals surface area (Å²) in [5.74, 6) is 0. The van der Waals surface area contributed by atoms with Crippen LogP contribution in [0.4, 0.5) is 34.1 Å². The lowest BCUT2D eigenvalue weighted by molar-refractivity contribution is 1.19. The highest BCUT2D eigenvalue weighted by Gasteiger charge is 2.27. The van der Waals surface area contributed by atoms with Gasteiger partial charge in [-0.15, -0.1) is 22.7 Å². The molecular formula is C120H78N4S2. The van der Waals surface area contributed by atoms with E-state index >= 15 is 0 Å². The monoisotopic (exact) mass is 1640 g/mol. The lowest BCUT2D eigenvalue weighted by Crippen LogP contribution is -2.12. The molecule has 0 N–H and O–H groups in total. The van der Waals surface area contributed by atoms with E-state index in [1.54, 1.807) is 0 Å². The van der Waals surface area contributed by atoms with Crippen LogP contribution in [0.3, 0.4) is 0 Å². The van der Waals surface area contributed by atoms with Gasteiger partial charge in [0.2, 0.25) is 0 Å². The van der Waals surface area contributed by atoms with Gasteiger partial charge in [0.25, 0.3) is 0 Å². The second-order valence-corrected chi connectivity index (χ2v) is 34.6. The van der Waals surface area contributed by atoms with Crippen molar-refractivity contribution >= 4 is 141 Å². The fraction of sp³-hybridized carbons (Fsp3) is 0. The molecule has 126 heavy (non-hydrogen) atoms. The Labute approximate surface area is 738 Å². The van der Waals surface area contributed by atoms with Crippen LogP contribution < -0.4 is 9.80 Å². The number of thiophene rings is 2. The van der Waals surface area contributed by atoms with E-state index in [4.69, 9.17) is 0 Å². The van der Waals surface area contributed by atoms with Crippen LogP contribution in [0.1, 0.15) is 0 Å². The number of anilines is 6. The summed E-state index contributed by atoms with van der Waals surface area (Å²) >= 11 is 3.75. The van der Waals surface area contributed by atoms with Gasteiger partial charge in [-0.3, -0.25) is 0 Å². The minimum absolute atomic E-state index is 1.05. The molecule has 4 nitrogen and oxygen atoms in total. The van der Waals surface area contributed by atoms with E-state index in [-0.39, 0.29) is 0 Å². The van der Waals surface area contributed by atoms with Gasteiger partial charge in [0.15, 0.2) is 0 Å². The molecule has 4 heterocycles. The zero-order valence-corrected chi connectivity index (χ0v) is 70.3. The van der Waals surface area contributed by atoms with E-state index in [0.717, 1.165) is 140 Å². The maximum absolute atomic E-state index is 2.52. The number of para-hydroxylation sites is 6. The number of benzene rings is 20.